The molecule has 0 fully saturated rings. The first-order valence-electron chi connectivity index (χ1n) is 24.7. The number of nitrogens with zero attached hydrogens (tertiary/aromatic N) is 3. The van der Waals surface area contributed by atoms with E-state index in [-0.39, 0.29) is 33.0 Å². The summed E-state index contributed by atoms with van der Waals surface area (Å²) in [6.07, 6.45) is 6.60. The van der Waals surface area contributed by atoms with Crippen LogP contribution in [0.5, 0.6) is 0 Å². The Kier molecular flexibility index (Phi) is 37.0. The Morgan fingerprint density at radius 2 is 0.405 bits per heavy atom. The minimum atomic E-state index is -0.659. The second kappa shape index (κ2) is 42.1. The predicted molar refractivity (Wildman–Crippen MR) is 322 cm³/mol. The molecule has 0 radical (unpaired) electrons. The molecule has 0 heterocycles. The van der Waals surface area contributed by atoms with Gasteiger partial charge in [-0.1, -0.05) is 263 Å². The average molecular weight is 1140 g/mol. The van der Waals surface area contributed by atoms with Crippen molar-refractivity contribution in [3.63, 3.8) is 0 Å². The molecule has 386 valence electrons. The van der Waals surface area contributed by atoms with E-state index in [1.807, 2.05) is 0 Å². The van der Waals surface area contributed by atoms with Gasteiger partial charge in [0.25, 0.3) is 0 Å². The number of benzene rings is 8. The van der Waals surface area contributed by atoms with Gasteiger partial charge in [0.15, 0.2) is 0 Å². The topological polar surface area (TPSA) is 37.1 Å². The Bertz CT molecular complexity index is 2170. The molecule has 0 aliphatic heterocycles. The molecule has 0 saturated heterocycles. The van der Waals surface area contributed by atoms with Crippen LogP contribution >= 0.6 is 32.3 Å². The van der Waals surface area contributed by atoms with E-state index in [1.165, 1.54) is 42.4 Å². The first-order chi connectivity index (χ1) is 35.6. The van der Waals surface area contributed by atoms with E-state index in [1.54, 1.807) is 0 Å². The van der Waals surface area contributed by atoms with Gasteiger partial charge in [0.1, 0.15) is 0 Å². The van der Waals surface area contributed by atoms with E-state index in [0.29, 0.717) is 19.6 Å². The summed E-state index contributed by atoms with van der Waals surface area (Å²) in [7, 11) is -2.63. The molecule has 0 unspecified atom stereocenters. The van der Waals surface area contributed by atoms with E-state index in [4.69, 9.17) is 19.7 Å². The zero-order chi connectivity index (χ0) is 51.1. The molecule has 0 bridgehead atoms. The van der Waals surface area contributed by atoms with E-state index < -0.39 is 32.3 Å². The minimum absolute atomic E-state index is 0. The molecule has 2 N–H and O–H groups in total. The summed E-state index contributed by atoms with van der Waals surface area (Å²) in [5, 5.41) is 10.8. The van der Waals surface area contributed by atoms with Crippen molar-refractivity contribution >= 4 is 74.7 Å². The van der Waals surface area contributed by atoms with Gasteiger partial charge in [-0.25, -0.2) is 19.7 Å². The van der Waals surface area contributed by atoms with E-state index in [9.17, 15) is 0 Å². The molecule has 11 heteroatoms. The van der Waals surface area contributed by atoms with Crippen LogP contribution in [0.25, 0.3) is 14.5 Å². The molecule has 0 aromatic heterocycles. The normalized spacial score (nSPS) is 9.84. The molecular weight excluding hydrogens is 1070 g/mol. The van der Waals surface area contributed by atoms with Gasteiger partial charge < -0.3 is 14.5 Å². The van der Waals surface area contributed by atoms with Gasteiger partial charge in [0.05, 0.1) is 0 Å². The monoisotopic (exact) mass is 1140 g/mol. The maximum atomic E-state index is 6.33. The van der Waals surface area contributed by atoms with Crippen LogP contribution in [0.4, 0.5) is 0 Å². The zero-order valence-corrected chi connectivity index (χ0v) is 48.3. The fraction of sp³-hybridized carbons (Fsp3) is 0.190. The third-order valence-electron chi connectivity index (χ3n) is 10.4. The van der Waals surface area contributed by atoms with Crippen molar-refractivity contribution in [1.82, 2.24) is 9.72 Å². The van der Waals surface area contributed by atoms with Crippen molar-refractivity contribution in [2.45, 2.75) is 59.3 Å². The second-order valence-electron chi connectivity index (χ2n) is 15.9. The Hall–Kier alpha value is -5.14. The van der Waals surface area contributed by atoms with Gasteiger partial charge in [0, 0.05) is 84.5 Å². The number of rotatable bonds is 18. The largest absolute Gasteiger partial charge is 0.317 e. The Morgan fingerprint density at radius 1 is 0.270 bits per heavy atom. The molecule has 74 heavy (non-hydrogen) atoms. The van der Waals surface area contributed by atoms with E-state index in [2.05, 4.69) is 288 Å². The molecule has 0 aliphatic carbocycles. The van der Waals surface area contributed by atoms with Crippen LogP contribution in [-0.2, 0) is 33.0 Å². The first-order valence-corrected chi connectivity index (χ1v) is 30.1. The molecule has 0 amide bonds. The number of nitrogens with one attached hydrogen (secondary N) is 2. The van der Waals surface area contributed by atoms with Crippen LogP contribution in [0.15, 0.2) is 243 Å². The molecule has 8 aromatic rings. The minimum Gasteiger partial charge on any atom is -0.317 e. The van der Waals surface area contributed by atoms with Crippen LogP contribution in [0, 0.1) is 19.7 Å². The smallest absolute Gasteiger partial charge is 0.214 e. The standard InChI is InChI=1S/2C24H21NP2.3C5H9N.2Ni/c2*1-5-13-21(14-6-1)26(22-15-7-2-8-16-22)25-27(23-17-9-3-10-18-23)24-19-11-4-12-20-24;3*1-3-4-5-6-2;;/h2*1-20,25H;3*3-5H2,1H3;;. The van der Waals surface area contributed by atoms with Crippen LogP contribution in [-0.4, -0.2) is 19.6 Å². The molecule has 0 atom stereocenters. The van der Waals surface area contributed by atoms with Crippen LogP contribution in [0.1, 0.15) is 59.3 Å². The summed E-state index contributed by atoms with van der Waals surface area (Å²) in [6, 6.07) is 86.4. The summed E-state index contributed by atoms with van der Waals surface area (Å²) in [5.41, 5.74) is 0. The SMILES string of the molecule is [C-]#[N+]CCCC.[C-]#[N+]CCCC.[C-]#[N+]CCCC.[Ni].[Ni].c1ccc(P(NP(c2ccccc2)c2ccccc2)c2ccccc2)cc1.c1ccc(P(NP(c2ccccc2)c2ccccc2)c2ccccc2)cc1. The molecule has 8 rings (SSSR count). The Balaban J connectivity index is 0.000000374. The van der Waals surface area contributed by atoms with Crippen LogP contribution in [0.3, 0.4) is 0 Å². The van der Waals surface area contributed by atoms with E-state index >= 15 is 0 Å². The summed E-state index contributed by atoms with van der Waals surface area (Å²) in [6.45, 7) is 27.4. The maximum Gasteiger partial charge on any atom is 0.214 e. The van der Waals surface area contributed by atoms with Crippen LogP contribution in [0.2, 0.25) is 0 Å². The molecule has 0 saturated carbocycles. The number of hydrogen-bond acceptors (Lipinski definition) is 2. The fourth-order valence-corrected chi connectivity index (χ4v) is 16.8. The second-order valence-corrected chi connectivity index (χ2v) is 24.3. The summed E-state index contributed by atoms with van der Waals surface area (Å²) >= 11 is 0. The van der Waals surface area contributed by atoms with Crippen molar-refractivity contribution in [2.75, 3.05) is 19.6 Å². The molecule has 0 spiro atoms. The Morgan fingerprint density at radius 3 is 0.500 bits per heavy atom. The van der Waals surface area contributed by atoms with Crippen molar-refractivity contribution < 1.29 is 33.0 Å². The number of hydrogen-bond donors (Lipinski definition) is 2. The van der Waals surface area contributed by atoms with E-state index in [0.717, 1.165) is 38.5 Å². The van der Waals surface area contributed by atoms with Gasteiger partial charge in [-0.3, -0.25) is 9.72 Å². The quantitative estimate of drug-likeness (QED) is 0.0389. The predicted octanol–water partition coefficient (Wildman–Crippen LogP) is 14.5. The fourth-order valence-electron chi connectivity index (χ4n) is 6.59. The summed E-state index contributed by atoms with van der Waals surface area (Å²) < 4.78 is 0. The average Bonchev–Trinajstić information content (AvgIpc) is 3.46. The molecular formula is C63H69N5Ni2P4. The third kappa shape index (κ3) is 24.9. The van der Waals surface area contributed by atoms with Gasteiger partial charge >= 0.3 is 0 Å². The first kappa shape index (κ1) is 65.0. The molecule has 0 aliphatic rings. The Labute approximate surface area is 470 Å². The molecule has 5 nitrogen and oxygen atoms in total. The van der Waals surface area contributed by atoms with Crippen LogP contribution < -0.4 is 52.2 Å². The number of unbranched alkanes of at least 4 members (excludes halogenated alkanes) is 3. The van der Waals surface area contributed by atoms with Crippen molar-refractivity contribution in [3.8, 4) is 0 Å². The molecule has 8 aromatic carbocycles. The third-order valence-corrected chi connectivity index (χ3v) is 20.1. The van der Waals surface area contributed by atoms with Crippen molar-refractivity contribution in [3.05, 3.63) is 277 Å². The van der Waals surface area contributed by atoms with Gasteiger partial charge in [0.2, 0.25) is 19.6 Å². The van der Waals surface area contributed by atoms with Gasteiger partial charge in [-0.15, -0.1) is 0 Å². The zero-order valence-electron chi connectivity index (χ0n) is 42.7. The van der Waals surface area contributed by atoms with Gasteiger partial charge in [-0.05, 0) is 61.7 Å². The summed E-state index contributed by atoms with van der Waals surface area (Å²) in [5.74, 6) is 0. The maximum absolute atomic E-state index is 6.33. The summed E-state index contributed by atoms with van der Waals surface area (Å²) in [4.78, 5) is 17.6. The van der Waals surface area contributed by atoms with Crippen molar-refractivity contribution in [1.29, 1.82) is 0 Å². The van der Waals surface area contributed by atoms with Gasteiger partial charge in [-0.2, -0.15) is 0 Å². The van der Waals surface area contributed by atoms with Crippen molar-refractivity contribution in [2.24, 2.45) is 0 Å².